The molecule has 7 nitrogen and oxygen atoms in total. The number of amides is 2. The highest BCUT2D eigenvalue weighted by atomic mass is 32.2. The molecular formula is C46H35N3O4S4. The Kier molecular flexibility index (Phi) is 12.7. The number of carbonyl (C=O) groups excluding carboxylic acids is 3. The van der Waals surface area contributed by atoms with Crippen molar-refractivity contribution in [3.8, 4) is 26.3 Å². The fourth-order valence-electron chi connectivity index (χ4n) is 6.27. The van der Waals surface area contributed by atoms with E-state index in [-0.39, 0.29) is 36.5 Å². The van der Waals surface area contributed by atoms with Crippen LogP contribution in [0.4, 0.5) is 17.1 Å². The number of thiocarbonyl (C=S) groups is 1. The molecule has 0 N–H and O–H groups in total. The van der Waals surface area contributed by atoms with E-state index in [0.29, 0.717) is 9.77 Å². The number of carbonyl (C=O) groups is 3. The van der Waals surface area contributed by atoms with Gasteiger partial charge in [0.05, 0.1) is 16.6 Å². The molecule has 0 radical (unpaired) electrons. The molecule has 2 amide bonds. The van der Waals surface area contributed by atoms with Gasteiger partial charge in [0.2, 0.25) is 0 Å². The predicted octanol–water partition coefficient (Wildman–Crippen LogP) is 11.2. The predicted molar refractivity (Wildman–Crippen MR) is 237 cm³/mol. The summed E-state index contributed by atoms with van der Waals surface area (Å²) in [5.74, 6) is -1.52. The van der Waals surface area contributed by atoms with Crippen molar-refractivity contribution in [2.45, 2.75) is 13.3 Å². The van der Waals surface area contributed by atoms with Gasteiger partial charge in [-0.1, -0.05) is 91.1 Å². The highest BCUT2D eigenvalue weighted by molar-refractivity contribution is 8.24. The van der Waals surface area contributed by atoms with Gasteiger partial charge >= 0.3 is 5.97 Å². The van der Waals surface area contributed by atoms with E-state index in [4.69, 9.17) is 17.0 Å². The Hall–Kier alpha value is -5.90. The minimum atomic E-state index is -0.647. The number of anilines is 3. The van der Waals surface area contributed by atoms with E-state index in [1.807, 2.05) is 84.9 Å². The van der Waals surface area contributed by atoms with Gasteiger partial charge in [-0.05, 0) is 96.8 Å². The monoisotopic (exact) mass is 821 g/mol. The van der Waals surface area contributed by atoms with Gasteiger partial charge in [0, 0.05) is 48.7 Å². The third-order valence-corrected chi connectivity index (χ3v) is 13.0. The van der Waals surface area contributed by atoms with E-state index < -0.39 is 17.8 Å². The van der Waals surface area contributed by atoms with Gasteiger partial charge in [-0.15, -0.1) is 34.4 Å². The summed E-state index contributed by atoms with van der Waals surface area (Å²) in [5.41, 5.74) is 5.74. The average Bonchev–Trinajstić information content (AvgIpc) is 3.94. The van der Waals surface area contributed by atoms with Crippen LogP contribution in [-0.4, -0.2) is 45.8 Å². The van der Waals surface area contributed by atoms with Crippen LogP contribution >= 0.6 is 46.7 Å². The van der Waals surface area contributed by atoms with Crippen LogP contribution in [0.15, 0.2) is 156 Å². The maximum absolute atomic E-state index is 13.7. The summed E-state index contributed by atoms with van der Waals surface area (Å²) in [6.45, 7) is 1.64. The second-order valence-corrected chi connectivity index (χ2v) is 16.7. The third kappa shape index (κ3) is 9.22. The van der Waals surface area contributed by atoms with E-state index in [1.165, 1.54) is 23.1 Å². The zero-order valence-electron chi connectivity index (χ0n) is 30.8. The molecule has 1 aliphatic heterocycles. The number of hydrogen-bond acceptors (Lipinski definition) is 10. The number of esters is 1. The van der Waals surface area contributed by atoms with Crippen molar-refractivity contribution in [1.82, 2.24) is 4.90 Å². The minimum Gasteiger partial charge on any atom is -0.465 e. The topological polar surface area (TPSA) is 90.7 Å². The molecule has 2 aromatic heterocycles. The molecule has 0 atom stereocenters. The van der Waals surface area contributed by atoms with Crippen LogP contribution in [0.1, 0.15) is 23.8 Å². The van der Waals surface area contributed by atoms with Crippen LogP contribution < -0.4 is 4.90 Å². The van der Waals surface area contributed by atoms with Gasteiger partial charge in [0.1, 0.15) is 11.6 Å². The second-order valence-electron chi connectivity index (χ2n) is 12.9. The summed E-state index contributed by atoms with van der Waals surface area (Å²) in [5, 5.41) is 9.87. The van der Waals surface area contributed by atoms with E-state index >= 15 is 0 Å². The van der Waals surface area contributed by atoms with Gasteiger partial charge in [-0.25, -0.2) is 0 Å². The van der Waals surface area contributed by atoms with Crippen LogP contribution in [0, 0.1) is 11.3 Å². The molecule has 0 bridgehead atoms. The molecule has 0 spiro atoms. The maximum atomic E-state index is 13.7. The average molecular weight is 822 g/mol. The SMILES string of the molecule is CC1=C(C#N)C(=O)N(CCCOC(=O)CSC(=S)c2ccccc2)C(=O)/C1=C\c1ccc(-c2ccc(-c3ccc(N(c4ccccc4)c4ccccc4)cc3)s2)s1. The standard InChI is InChI=1S/C46H35N3O4S4/c1-31-38(44(51)48(45(52)39(31)29-47)26-11-27-53-43(50)30-55-46(54)33-12-5-2-6-13-33)28-37-22-23-41(56-37)42-25-24-40(57-42)32-18-20-36(21-19-32)49(34-14-7-3-8-15-34)35-16-9-4-10-17-35/h2-10,12-25,28H,11,26-27,30H2,1H3/b38-28-. The summed E-state index contributed by atoms with van der Waals surface area (Å²) in [6, 6.07) is 48.8. The Morgan fingerprint density at radius 2 is 1.35 bits per heavy atom. The number of thiophene rings is 2. The molecule has 7 rings (SSSR count). The maximum Gasteiger partial charge on any atom is 0.316 e. The number of nitrogens with zero attached hydrogens (tertiary/aromatic N) is 3. The van der Waals surface area contributed by atoms with Crippen molar-refractivity contribution in [2.24, 2.45) is 0 Å². The molecule has 3 heterocycles. The highest BCUT2D eigenvalue weighted by Crippen LogP contribution is 2.40. The summed E-state index contributed by atoms with van der Waals surface area (Å²) in [6.07, 6.45) is 1.97. The Labute approximate surface area is 349 Å². The largest absolute Gasteiger partial charge is 0.465 e. The van der Waals surface area contributed by atoms with E-state index in [0.717, 1.165) is 52.6 Å². The lowest BCUT2D eigenvalue weighted by atomic mass is 9.94. The number of thioether (sulfide) groups is 1. The van der Waals surface area contributed by atoms with Gasteiger partial charge in [0.15, 0.2) is 0 Å². The van der Waals surface area contributed by atoms with Crippen molar-refractivity contribution in [1.29, 1.82) is 5.26 Å². The summed E-state index contributed by atoms with van der Waals surface area (Å²) in [7, 11) is 0. The van der Waals surface area contributed by atoms with Crippen LogP contribution in [0.5, 0.6) is 0 Å². The van der Waals surface area contributed by atoms with Crippen LogP contribution in [0.25, 0.3) is 26.3 Å². The molecule has 0 fully saturated rings. The van der Waals surface area contributed by atoms with Gasteiger partial charge in [-0.2, -0.15) is 5.26 Å². The Bertz CT molecular complexity index is 2480. The van der Waals surface area contributed by atoms with Crippen LogP contribution in [0.3, 0.4) is 0 Å². The Balaban J connectivity index is 1.00. The number of benzene rings is 4. The summed E-state index contributed by atoms with van der Waals surface area (Å²) >= 11 is 9.83. The lowest BCUT2D eigenvalue weighted by molar-refractivity contribution is -0.141. The third-order valence-electron chi connectivity index (χ3n) is 9.15. The molecule has 1 aliphatic rings. The van der Waals surface area contributed by atoms with Crippen molar-refractivity contribution in [3.63, 3.8) is 0 Å². The zero-order valence-corrected chi connectivity index (χ0v) is 34.1. The number of ether oxygens (including phenoxy) is 1. The van der Waals surface area contributed by atoms with E-state index in [2.05, 4.69) is 65.6 Å². The molecule has 57 heavy (non-hydrogen) atoms. The molecule has 0 saturated heterocycles. The van der Waals surface area contributed by atoms with Gasteiger partial charge in [0.25, 0.3) is 11.8 Å². The number of hydrogen-bond donors (Lipinski definition) is 0. The molecular weight excluding hydrogens is 787 g/mol. The van der Waals surface area contributed by atoms with Crippen LogP contribution in [0.2, 0.25) is 0 Å². The smallest absolute Gasteiger partial charge is 0.316 e. The summed E-state index contributed by atoms with van der Waals surface area (Å²) in [4.78, 5) is 46.6. The first-order valence-electron chi connectivity index (χ1n) is 18.1. The van der Waals surface area contributed by atoms with Crippen molar-refractivity contribution in [3.05, 3.63) is 167 Å². The van der Waals surface area contributed by atoms with E-state index in [9.17, 15) is 19.6 Å². The second kappa shape index (κ2) is 18.4. The highest BCUT2D eigenvalue weighted by Gasteiger charge is 2.35. The Morgan fingerprint density at radius 3 is 2.00 bits per heavy atom. The zero-order chi connectivity index (χ0) is 39.7. The minimum absolute atomic E-state index is 0.00149. The fraction of sp³-hybridized carbons (Fsp3) is 0.109. The molecule has 4 aromatic carbocycles. The summed E-state index contributed by atoms with van der Waals surface area (Å²) < 4.78 is 5.94. The first-order chi connectivity index (χ1) is 27.8. The molecule has 282 valence electrons. The number of imide groups is 1. The molecule has 0 unspecified atom stereocenters. The van der Waals surface area contributed by atoms with Crippen molar-refractivity contribution >= 4 is 91.8 Å². The first kappa shape index (κ1) is 39.3. The lowest BCUT2D eigenvalue weighted by Gasteiger charge is -2.27. The first-order valence-corrected chi connectivity index (χ1v) is 21.1. The number of para-hydroxylation sites is 2. The van der Waals surface area contributed by atoms with Crippen molar-refractivity contribution in [2.75, 3.05) is 23.8 Å². The number of nitriles is 1. The van der Waals surface area contributed by atoms with E-state index in [1.54, 1.807) is 24.3 Å². The lowest BCUT2D eigenvalue weighted by Crippen LogP contribution is -2.43. The Morgan fingerprint density at radius 1 is 0.772 bits per heavy atom. The molecule has 11 heteroatoms. The van der Waals surface area contributed by atoms with Crippen LogP contribution in [-0.2, 0) is 19.1 Å². The fourth-order valence-corrected chi connectivity index (χ4v) is 9.27. The normalized spacial score (nSPS) is 13.5. The number of rotatable bonds is 13. The quantitative estimate of drug-likeness (QED) is 0.0374. The van der Waals surface area contributed by atoms with Gasteiger partial charge < -0.3 is 9.64 Å². The molecule has 6 aromatic rings. The van der Waals surface area contributed by atoms with Gasteiger partial charge in [-0.3, -0.25) is 19.3 Å². The van der Waals surface area contributed by atoms with Crippen molar-refractivity contribution < 1.29 is 19.1 Å². The molecule has 0 aliphatic carbocycles. The molecule has 0 saturated carbocycles.